The average molecular weight is 409 g/mol. The molecule has 0 radical (unpaired) electrons. The first kappa shape index (κ1) is 22.4. The molecule has 2 aromatic rings. The molecule has 2 aromatic carbocycles. The Kier molecular flexibility index (Phi) is 7.54. The second-order valence-electron chi connectivity index (χ2n) is 8.83. The van der Waals surface area contributed by atoms with Crippen molar-refractivity contribution >= 4 is 5.91 Å². The summed E-state index contributed by atoms with van der Waals surface area (Å²) in [7, 11) is 1.71. The zero-order chi connectivity index (χ0) is 21.7. The predicted molar refractivity (Wildman–Crippen MR) is 123 cm³/mol. The lowest BCUT2D eigenvalue weighted by Gasteiger charge is -2.26. The fraction of sp³-hybridized carbons (Fsp3) is 0.500. The van der Waals surface area contributed by atoms with Gasteiger partial charge in [0, 0.05) is 12.1 Å². The lowest BCUT2D eigenvalue weighted by atomic mass is 9.93. The summed E-state index contributed by atoms with van der Waals surface area (Å²) in [6, 6.07) is 12.2. The monoisotopic (exact) mass is 408 g/mol. The van der Waals surface area contributed by atoms with Crippen molar-refractivity contribution in [2.75, 3.05) is 20.2 Å². The third kappa shape index (κ3) is 5.42. The van der Waals surface area contributed by atoms with E-state index in [4.69, 9.17) is 4.74 Å². The lowest BCUT2D eigenvalue weighted by Crippen LogP contribution is -2.29. The number of nitrogens with one attached hydrogen (secondary N) is 1. The maximum absolute atomic E-state index is 12.8. The molecule has 0 spiro atoms. The first-order chi connectivity index (χ1) is 14.4. The average Bonchev–Trinajstić information content (AvgIpc) is 2.74. The Bertz CT molecular complexity index is 852. The molecule has 1 N–H and O–H groups in total. The molecule has 0 aromatic heterocycles. The summed E-state index contributed by atoms with van der Waals surface area (Å²) >= 11 is 0. The van der Waals surface area contributed by atoms with E-state index in [9.17, 15) is 4.79 Å². The summed E-state index contributed by atoms with van der Waals surface area (Å²) in [5.41, 5.74) is 5.41. The Morgan fingerprint density at radius 2 is 1.70 bits per heavy atom. The van der Waals surface area contributed by atoms with Gasteiger partial charge < -0.3 is 10.1 Å². The first-order valence-electron chi connectivity index (χ1n) is 11.2. The van der Waals surface area contributed by atoms with Gasteiger partial charge in [-0.2, -0.15) is 0 Å². The van der Waals surface area contributed by atoms with Gasteiger partial charge in [0.05, 0.1) is 13.2 Å². The number of hydrogen-bond acceptors (Lipinski definition) is 3. The number of piperidine rings is 1. The molecule has 30 heavy (non-hydrogen) atoms. The standard InChI is InChI=1S/C26H36N2O2/c1-18(2)23-16-24(19(3)15-25(23)30-5)20(4)27-26(29)22-11-9-21(10-12-22)17-28-13-7-6-8-14-28/h9-12,15-16,18,20H,6-8,13-14,17H2,1-5H3,(H,27,29). The van der Waals surface area contributed by atoms with Crippen LogP contribution in [-0.4, -0.2) is 31.0 Å². The van der Waals surface area contributed by atoms with E-state index in [0.717, 1.165) is 23.4 Å². The van der Waals surface area contributed by atoms with E-state index in [1.807, 2.05) is 19.1 Å². The van der Waals surface area contributed by atoms with Crippen LogP contribution in [0.4, 0.5) is 0 Å². The summed E-state index contributed by atoms with van der Waals surface area (Å²) in [4.78, 5) is 15.3. The summed E-state index contributed by atoms with van der Waals surface area (Å²) in [6.07, 6.45) is 3.93. The van der Waals surface area contributed by atoms with Crippen LogP contribution in [0.1, 0.15) is 84.6 Å². The number of benzene rings is 2. The van der Waals surface area contributed by atoms with Gasteiger partial charge in [-0.25, -0.2) is 0 Å². The summed E-state index contributed by atoms with van der Waals surface area (Å²) < 4.78 is 5.55. The fourth-order valence-electron chi connectivity index (χ4n) is 4.31. The SMILES string of the molecule is COc1cc(C)c(C(C)NC(=O)c2ccc(CN3CCCCC3)cc2)cc1C(C)C. The summed E-state index contributed by atoms with van der Waals surface area (Å²) in [5.74, 6) is 1.23. The first-order valence-corrected chi connectivity index (χ1v) is 11.2. The minimum Gasteiger partial charge on any atom is -0.496 e. The second kappa shape index (κ2) is 10.1. The number of ether oxygens (including phenoxy) is 1. The Balaban J connectivity index is 1.67. The van der Waals surface area contributed by atoms with Crippen LogP contribution in [0.15, 0.2) is 36.4 Å². The van der Waals surface area contributed by atoms with Gasteiger partial charge in [-0.3, -0.25) is 9.69 Å². The number of carbonyl (C=O) groups excluding carboxylic acids is 1. The largest absolute Gasteiger partial charge is 0.496 e. The summed E-state index contributed by atoms with van der Waals surface area (Å²) in [6.45, 7) is 11.8. The van der Waals surface area contributed by atoms with E-state index in [1.54, 1.807) is 7.11 Å². The molecule has 4 nitrogen and oxygen atoms in total. The van der Waals surface area contributed by atoms with Crippen LogP contribution >= 0.6 is 0 Å². The molecule has 162 valence electrons. The molecule has 4 heteroatoms. The van der Waals surface area contributed by atoms with E-state index < -0.39 is 0 Å². The second-order valence-corrected chi connectivity index (χ2v) is 8.83. The molecule has 0 saturated carbocycles. The van der Waals surface area contributed by atoms with Crippen LogP contribution in [0.2, 0.25) is 0 Å². The van der Waals surface area contributed by atoms with Gasteiger partial charge in [0.15, 0.2) is 0 Å². The van der Waals surface area contributed by atoms with Gasteiger partial charge in [0.2, 0.25) is 0 Å². The quantitative estimate of drug-likeness (QED) is 0.648. The van der Waals surface area contributed by atoms with Crippen LogP contribution in [0.3, 0.4) is 0 Å². The molecule has 1 atom stereocenters. The third-order valence-electron chi connectivity index (χ3n) is 6.13. The topological polar surface area (TPSA) is 41.6 Å². The van der Waals surface area contributed by atoms with Gasteiger partial charge in [0.25, 0.3) is 5.91 Å². The molecule has 1 heterocycles. The Hall–Kier alpha value is -2.33. The zero-order valence-electron chi connectivity index (χ0n) is 19.1. The lowest BCUT2D eigenvalue weighted by molar-refractivity contribution is 0.0940. The Labute approximate surface area is 181 Å². The number of likely N-dealkylation sites (tertiary alicyclic amines) is 1. The van der Waals surface area contributed by atoms with Crippen molar-refractivity contribution in [2.45, 2.75) is 65.5 Å². The number of carbonyl (C=O) groups is 1. The number of hydrogen-bond donors (Lipinski definition) is 1. The zero-order valence-corrected chi connectivity index (χ0v) is 19.1. The molecule has 1 fully saturated rings. The molecule has 1 unspecified atom stereocenters. The highest BCUT2D eigenvalue weighted by Gasteiger charge is 2.18. The number of amides is 1. The number of methoxy groups -OCH3 is 1. The van der Waals surface area contributed by atoms with Crippen LogP contribution in [0, 0.1) is 6.92 Å². The molecule has 1 amide bonds. The smallest absolute Gasteiger partial charge is 0.251 e. The van der Waals surface area contributed by atoms with Gasteiger partial charge in [-0.05, 0) is 92.2 Å². The van der Waals surface area contributed by atoms with Crippen LogP contribution < -0.4 is 10.1 Å². The van der Waals surface area contributed by atoms with Crippen molar-refractivity contribution in [1.29, 1.82) is 0 Å². The highest BCUT2D eigenvalue weighted by molar-refractivity contribution is 5.94. The van der Waals surface area contributed by atoms with Crippen LogP contribution in [-0.2, 0) is 6.54 Å². The van der Waals surface area contributed by atoms with E-state index in [2.05, 4.69) is 55.3 Å². The van der Waals surface area contributed by atoms with Gasteiger partial charge >= 0.3 is 0 Å². The molecule has 1 aliphatic rings. The number of rotatable bonds is 7. The van der Waals surface area contributed by atoms with Gasteiger partial charge in [-0.15, -0.1) is 0 Å². The normalized spacial score (nSPS) is 15.8. The Morgan fingerprint density at radius 1 is 1.03 bits per heavy atom. The molecular formula is C26H36N2O2. The van der Waals surface area contributed by atoms with Gasteiger partial charge in [0.1, 0.15) is 5.75 Å². The molecule has 1 saturated heterocycles. The fourth-order valence-corrected chi connectivity index (χ4v) is 4.31. The van der Waals surface area contributed by atoms with Crippen molar-refractivity contribution in [3.05, 3.63) is 64.2 Å². The van der Waals surface area contributed by atoms with Crippen molar-refractivity contribution in [3.63, 3.8) is 0 Å². The highest BCUT2D eigenvalue weighted by Crippen LogP contribution is 2.32. The molecule has 1 aliphatic heterocycles. The van der Waals surface area contributed by atoms with E-state index in [1.165, 1.54) is 43.5 Å². The van der Waals surface area contributed by atoms with Gasteiger partial charge in [-0.1, -0.05) is 32.4 Å². The Morgan fingerprint density at radius 3 is 2.30 bits per heavy atom. The maximum Gasteiger partial charge on any atom is 0.251 e. The molecular weight excluding hydrogens is 372 g/mol. The minimum atomic E-state index is -0.0751. The van der Waals surface area contributed by atoms with Crippen molar-refractivity contribution < 1.29 is 9.53 Å². The van der Waals surface area contributed by atoms with Crippen molar-refractivity contribution in [2.24, 2.45) is 0 Å². The number of nitrogens with zero attached hydrogens (tertiary/aromatic N) is 1. The highest BCUT2D eigenvalue weighted by atomic mass is 16.5. The van der Waals surface area contributed by atoms with Crippen LogP contribution in [0.5, 0.6) is 5.75 Å². The molecule has 0 bridgehead atoms. The maximum atomic E-state index is 12.8. The third-order valence-corrected chi connectivity index (χ3v) is 6.13. The van der Waals surface area contributed by atoms with Crippen molar-refractivity contribution in [3.8, 4) is 5.75 Å². The van der Waals surface area contributed by atoms with Crippen LogP contribution in [0.25, 0.3) is 0 Å². The van der Waals surface area contributed by atoms with E-state index in [-0.39, 0.29) is 11.9 Å². The minimum absolute atomic E-state index is 0.0339. The van der Waals surface area contributed by atoms with E-state index in [0.29, 0.717) is 11.5 Å². The molecule has 3 rings (SSSR count). The van der Waals surface area contributed by atoms with Crippen molar-refractivity contribution in [1.82, 2.24) is 10.2 Å². The van der Waals surface area contributed by atoms with E-state index >= 15 is 0 Å². The number of aryl methyl sites for hydroxylation is 1. The predicted octanol–water partition coefficient (Wildman–Crippen LogP) is 5.60. The summed E-state index contributed by atoms with van der Waals surface area (Å²) in [5, 5.41) is 3.17. The molecule has 0 aliphatic carbocycles.